The SMILES string of the molecule is COCCOCCOCCOCCNCc1ccc(-c2cc3nccc(Oc4ccc(CC(=O)CC5CC5)cc4F)c3s2)nc1. The highest BCUT2D eigenvalue weighted by molar-refractivity contribution is 7.22. The highest BCUT2D eigenvalue weighted by Gasteiger charge is 2.24. The molecular weight excluding hydrogens is 597 g/mol. The van der Waals surface area contributed by atoms with Crippen LogP contribution in [0.2, 0.25) is 0 Å². The quantitative estimate of drug-likeness (QED) is 0.111. The molecule has 0 bridgehead atoms. The molecule has 0 radical (unpaired) electrons. The molecule has 1 saturated carbocycles. The van der Waals surface area contributed by atoms with E-state index in [1.807, 2.05) is 24.4 Å². The molecule has 3 heterocycles. The van der Waals surface area contributed by atoms with Crippen molar-refractivity contribution >= 4 is 27.3 Å². The minimum Gasteiger partial charge on any atom is -0.453 e. The zero-order valence-electron chi connectivity index (χ0n) is 25.6. The lowest BCUT2D eigenvalue weighted by atomic mass is 10.0. The first-order valence-corrected chi connectivity index (χ1v) is 16.2. The van der Waals surface area contributed by atoms with E-state index in [0.717, 1.165) is 39.2 Å². The van der Waals surface area contributed by atoms with Gasteiger partial charge in [0.1, 0.15) is 11.5 Å². The van der Waals surface area contributed by atoms with Crippen molar-refractivity contribution in [2.24, 2.45) is 5.92 Å². The molecule has 11 heteroatoms. The molecule has 0 unspecified atom stereocenters. The number of Topliss-reactive ketones (excluding diaryl/α,β-unsaturated/α-hetero) is 1. The summed E-state index contributed by atoms with van der Waals surface area (Å²) in [6, 6.07) is 12.5. The summed E-state index contributed by atoms with van der Waals surface area (Å²) in [4.78, 5) is 22.3. The number of carbonyl (C=O) groups excluding carboxylic acids is 1. The Hall–Kier alpha value is -3.32. The van der Waals surface area contributed by atoms with Gasteiger partial charge in [-0.2, -0.15) is 0 Å². The second kappa shape index (κ2) is 17.4. The van der Waals surface area contributed by atoms with Crippen molar-refractivity contribution in [1.82, 2.24) is 15.3 Å². The molecule has 0 aliphatic heterocycles. The van der Waals surface area contributed by atoms with Crippen molar-refractivity contribution in [1.29, 1.82) is 0 Å². The maximum absolute atomic E-state index is 14.9. The number of carbonyl (C=O) groups is 1. The van der Waals surface area contributed by atoms with Crippen molar-refractivity contribution < 1.29 is 32.9 Å². The Bertz CT molecular complexity index is 1510. The second-order valence-electron chi connectivity index (χ2n) is 10.9. The summed E-state index contributed by atoms with van der Waals surface area (Å²) < 4.78 is 43.1. The fourth-order valence-corrected chi connectivity index (χ4v) is 5.70. The molecule has 9 nitrogen and oxygen atoms in total. The number of benzene rings is 1. The van der Waals surface area contributed by atoms with Gasteiger partial charge in [0.25, 0.3) is 0 Å². The predicted octanol–water partition coefficient (Wildman–Crippen LogP) is 5.99. The van der Waals surface area contributed by atoms with Crippen LogP contribution in [0.15, 0.2) is 54.9 Å². The number of nitrogens with zero attached hydrogens (tertiary/aromatic N) is 2. The van der Waals surface area contributed by atoms with E-state index in [-0.39, 0.29) is 18.0 Å². The summed E-state index contributed by atoms with van der Waals surface area (Å²) in [6.07, 6.45) is 6.59. The zero-order chi connectivity index (χ0) is 31.3. The van der Waals surface area contributed by atoms with E-state index in [1.165, 1.54) is 17.4 Å². The number of nitrogens with one attached hydrogen (secondary N) is 1. The number of thiophene rings is 1. The van der Waals surface area contributed by atoms with Gasteiger partial charge in [0, 0.05) is 51.5 Å². The molecule has 3 aromatic heterocycles. The third-order valence-corrected chi connectivity index (χ3v) is 8.37. The van der Waals surface area contributed by atoms with Gasteiger partial charge in [-0.1, -0.05) is 12.1 Å². The minimum absolute atomic E-state index is 0.115. The van der Waals surface area contributed by atoms with Gasteiger partial charge in [-0.3, -0.25) is 14.8 Å². The first-order chi connectivity index (χ1) is 22.1. The maximum Gasteiger partial charge on any atom is 0.166 e. The molecule has 1 aliphatic carbocycles. The lowest BCUT2D eigenvalue weighted by Gasteiger charge is -2.09. The molecule has 0 atom stereocenters. The number of ketones is 1. The maximum atomic E-state index is 14.9. The van der Waals surface area contributed by atoms with Gasteiger partial charge in [0.05, 0.1) is 67.0 Å². The second-order valence-corrected chi connectivity index (χ2v) is 12.0. The number of pyridine rings is 2. The Morgan fingerprint density at radius 1 is 0.911 bits per heavy atom. The number of hydrogen-bond donors (Lipinski definition) is 1. The van der Waals surface area contributed by atoms with E-state index in [9.17, 15) is 9.18 Å². The first kappa shape index (κ1) is 33.1. The van der Waals surface area contributed by atoms with Gasteiger partial charge in [-0.25, -0.2) is 4.39 Å². The normalized spacial score (nSPS) is 13.0. The van der Waals surface area contributed by atoms with Crippen molar-refractivity contribution in [3.05, 3.63) is 71.8 Å². The van der Waals surface area contributed by atoms with Crippen molar-refractivity contribution in [3.8, 4) is 22.1 Å². The molecule has 1 aromatic carbocycles. The van der Waals surface area contributed by atoms with Gasteiger partial charge in [0.15, 0.2) is 11.6 Å². The van der Waals surface area contributed by atoms with Crippen molar-refractivity contribution in [3.63, 3.8) is 0 Å². The Morgan fingerprint density at radius 3 is 2.38 bits per heavy atom. The summed E-state index contributed by atoms with van der Waals surface area (Å²) in [5.74, 6) is 0.828. The Labute approximate surface area is 267 Å². The highest BCUT2D eigenvalue weighted by Crippen LogP contribution is 2.39. The van der Waals surface area contributed by atoms with Gasteiger partial charge in [0.2, 0.25) is 0 Å². The molecule has 5 rings (SSSR count). The highest BCUT2D eigenvalue weighted by atomic mass is 32.1. The van der Waals surface area contributed by atoms with Crippen molar-refractivity contribution in [2.75, 3.05) is 59.9 Å². The number of methoxy groups -OCH3 is 1. The van der Waals surface area contributed by atoms with Gasteiger partial charge >= 0.3 is 0 Å². The summed E-state index contributed by atoms with van der Waals surface area (Å²) in [5.41, 5.74) is 3.31. The predicted molar refractivity (Wildman–Crippen MR) is 171 cm³/mol. The molecule has 0 saturated heterocycles. The summed E-state index contributed by atoms with van der Waals surface area (Å²) in [7, 11) is 1.65. The fourth-order valence-electron chi connectivity index (χ4n) is 4.66. The number of aromatic nitrogens is 2. The van der Waals surface area contributed by atoms with Crippen LogP contribution in [0, 0.1) is 11.7 Å². The average Bonchev–Trinajstić information content (AvgIpc) is 3.74. The Balaban J connectivity index is 1.06. The fraction of sp³-hybridized carbons (Fsp3) is 0.441. The molecule has 4 aromatic rings. The third-order valence-electron chi connectivity index (χ3n) is 7.21. The van der Waals surface area contributed by atoms with E-state index in [1.54, 1.807) is 31.5 Å². The molecule has 45 heavy (non-hydrogen) atoms. The molecule has 1 fully saturated rings. The van der Waals surface area contributed by atoms with Crippen LogP contribution in [0.1, 0.15) is 30.4 Å². The van der Waals surface area contributed by atoms with Gasteiger partial charge in [-0.15, -0.1) is 11.3 Å². The smallest absolute Gasteiger partial charge is 0.166 e. The summed E-state index contributed by atoms with van der Waals surface area (Å²) in [5, 5.41) is 3.36. The molecule has 0 spiro atoms. The lowest BCUT2D eigenvalue weighted by Crippen LogP contribution is -2.20. The van der Waals surface area contributed by atoms with Crippen LogP contribution in [0.25, 0.3) is 20.8 Å². The summed E-state index contributed by atoms with van der Waals surface area (Å²) in [6.45, 7) is 5.31. The van der Waals surface area contributed by atoms with Crippen LogP contribution in [0.4, 0.5) is 4.39 Å². The number of fused-ring (bicyclic) bond motifs is 1. The van der Waals surface area contributed by atoms with Crippen LogP contribution < -0.4 is 10.1 Å². The third kappa shape index (κ3) is 10.6. The van der Waals surface area contributed by atoms with Crippen LogP contribution in [0.3, 0.4) is 0 Å². The van der Waals surface area contributed by atoms with Gasteiger partial charge in [-0.05, 0) is 54.2 Å². The van der Waals surface area contributed by atoms with E-state index in [2.05, 4.69) is 15.3 Å². The van der Waals surface area contributed by atoms with E-state index < -0.39 is 5.82 Å². The van der Waals surface area contributed by atoms with Crippen molar-refractivity contribution in [2.45, 2.75) is 32.2 Å². The largest absolute Gasteiger partial charge is 0.453 e. The van der Waals surface area contributed by atoms with Gasteiger partial charge < -0.3 is 29.0 Å². The van der Waals surface area contributed by atoms with Crippen LogP contribution >= 0.6 is 11.3 Å². The topological polar surface area (TPSA) is 101 Å². The first-order valence-electron chi connectivity index (χ1n) is 15.3. The number of hydrogen-bond acceptors (Lipinski definition) is 10. The van der Waals surface area contributed by atoms with E-state index in [0.29, 0.717) is 83.0 Å². The monoisotopic (exact) mass is 637 g/mol. The molecule has 0 amide bonds. The molecule has 1 aliphatic rings. The van der Waals surface area contributed by atoms with Crippen LogP contribution in [-0.4, -0.2) is 75.7 Å². The number of halogens is 1. The number of ether oxygens (including phenoxy) is 5. The summed E-state index contributed by atoms with van der Waals surface area (Å²) >= 11 is 1.50. The zero-order valence-corrected chi connectivity index (χ0v) is 26.4. The standard InChI is InChI=1S/C34H40FN3O6S/c1-40-12-13-42-16-17-43-15-14-41-11-10-36-22-26-4-6-29(38-23-26)33-21-30-34(45-33)32(8-9-37-30)44-31-7-5-25(20-28(31)35)19-27(39)18-24-2-3-24/h4-9,20-21,23-24,36H,2-3,10-19,22H2,1H3. The van der Waals surface area contributed by atoms with E-state index in [4.69, 9.17) is 23.7 Å². The van der Waals surface area contributed by atoms with Crippen LogP contribution in [0.5, 0.6) is 11.5 Å². The molecular formula is C34H40FN3O6S. The number of rotatable bonds is 21. The lowest BCUT2D eigenvalue weighted by molar-refractivity contribution is -0.118. The van der Waals surface area contributed by atoms with Crippen LogP contribution in [-0.2, 0) is 36.7 Å². The Kier molecular flexibility index (Phi) is 12.8. The van der Waals surface area contributed by atoms with E-state index >= 15 is 0 Å². The Morgan fingerprint density at radius 2 is 1.67 bits per heavy atom. The minimum atomic E-state index is -0.490. The average molecular weight is 638 g/mol. The molecule has 240 valence electrons. The molecule has 1 N–H and O–H groups in total.